The first-order valence-electron chi connectivity index (χ1n) is 7.33. The molecule has 1 N–H and O–H groups in total. The van der Waals surface area contributed by atoms with E-state index in [1.165, 1.54) is 0 Å². The Morgan fingerprint density at radius 2 is 1.83 bits per heavy atom. The van der Waals surface area contributed by atoms with E-state index >= 15 is 0 Å². The number of hydrogen-bond donors (Lipinski definition) is 1. The molecule has 0 aliphatic heterocycles. The summed E-state index contributed by atoms with van der Waals surface area (Å²) in [5, 5.41) is 8.63. The average Bonchev–Trinajstić information content (AvgIpc) is 2.99. The number of amides is 1. The largest absolute Gasteiger partial charge is 0.478 e. The van der Waals surface area contributed by atoms with Crippen molar-refractivity contribution in [1.82, 2.24) is 4.90 Å². The van der Waals surface area contributed by atoms with Crippen LogP contribution in [0.2, 0.25) is 0 Å². The number of carbonyl (C=O) groups is 2. The van der Waals surface area contributed by atoms with E-state index in [1.54, 1.807) is 4.90 Å². The summed E-state index contributed by atoms with van der Waals surface area (Å²) in [5.41, 5.74) is 0.965. The van der Waals surface area contributed by atoms with Gasteiger partial charge in [-0.05, 0) is 26.0 Å². The van der Waals surface area contributed by atoms with Gasteiger partial charge in [0.25, 0.3) is 0 Å². The first kappa shape index (κ1) is 16.5. The fourth-order valence-corrected chi connectivity index (χ4v) is 2.14. The number of rotatable bonds is 6. The van der Waals surface area contributed by atoms with Crippen molar-refractivity contribution in [3.05, 3.63) is 60.4 Å². The highest BCUT2D eigenvalue weighted by Gasteiger charge is 2.17. The molecule has 2 rings (SSSR count). The van der Waals surface area contributed by atoms with Gasteiger partial charge in [0, 0.05) is 23.8 Å². The van der Waals surface area contributed by atoms with Crippen LogP contribution in [0.4, 0.5) is 0 Å². The lowest BCUT2D eigenvalue weighted by Crippen LogP contribution is -2.35. The van der Waals surface area contributed by atoms with Gasteiger partial charge in [0.1, 0.15) is 11.5 Å². The summed E-state index contributed by atoms with van der Waals surface area (Å²) in [7, 11) is 0. The van der Waals surface area contributed by atoms with Crippen molar-refractivity contribution in [3.63, 3.8) is 0 Å². The van der Waals surface area contributed by atoms with Gasteiger partial charge in [0.15, 0.2) is 0 Å². The second kappa shape index (κ2) is 7.45. The van der Waals surface area contributed by atoms with Crippen LogP contribution in [0, 0.1) is 0 Å². The second-order valence-corrected chi connectivity index (χ2v) is 5.36. The van der Waals surface area contributed by atoms with Crippen molar-refractivity contribution in [2.75, 3.05) is 0 Å². The molecule has 0 atom stereocenters. The highest BCUT2D eigenvalue weighted by Crippen LogP contribution is 2.23. The maximum atomic E-state index is 12.1. The third kappa shape index (κ3) is 4.57. The van der Waals surface area contributed by atoms with Crippen molar-refractivity contribution in [3.8, 4) is 11.3 Å². The van der Waals surface area contributed by atoms with Crippen LogP contribution >= 0.6 is 0 Å². The molecule has 0 spiro atoms. The number of carboxylic acids is 1. The van der Waals surface area contributed by atoms with Crippen molar-refractivity contribution in [1.29, 1.82) is 0 Å². The van der Waals surface area contributed by atoms with Gasteiger partial charge < -0.3 is 14.4 Å². The maximum absolute atomic E-state index is 12.1. The molecule has 0 saturated heterocycles. The molecule has 0 fully saturated rings. The Labute approximate surface area is 134 Å². The normalized spacial score (nSPS) is 11.1. The summed E-state index contributed by atoms with van der Waals surface area (Å²) in [4.78, 5) is 24.2. The summed E-state index contributed by atoms with van der Waals surface area (Å²) in [5.74, 6) is -0.126. The van der Waals surface area contributed by atoms with Crippen LogP contribution in [0.25, 0.3) is 11.3 Å². The highest BCUT2D eigenvalue weighted by molar-refractivity contribution is 5.94. The fourth-order valence-electron chi connectivity index (χ4n) is 2.14. The molecule has 120 valence electrons. The molecule has 5 heteroatoms. The highest BCUT2D eigenvalue weighted by atomic mass is 16.4. The van der Waals surface area contributed by atoms with E-state index in [0.29, 0.717) is 5.76 Å². The Bertz CT molecular complexity index is 701. The summed E-state index contributed by atoms with van der Waals surface area (Å²) >= 11 is 0. The molecule has 2 aromatic rings. The number of nitrogens with zero attached hydrogens (tertiary/aromatic N) is 1. The molecular formula is C18H19NO4. The number of hydrogen-bond acceptors (Lipinski definition) is 3. The minimum atomic E-state index is -1.15. The fraction of sp³-hybridized carbons (Fsp3) is 0.222. The molecule has 1 aromatic carbocycles. The number of carbonyl (C=O) groups excluding carboxylic acids is 1. The molecular weight excluding hydrogens is 294 g/mol. The molecule has 23 heavy (non-hydrogen) atoms. The zero-order chi connectivity index (χ0) is 16.8. The van der Waals surface area contributed by atoms with Crippen LogP contribution in [-0.2, 0) is 16.1 Å². The molecule has 0 radical (unpaired) electrons. The summed E-state index contributed by atoms with van der Waals surface area (Å²) in [6.07, 6.45) is 1.90. The Morgan fingerprint density at radius 3 is 2.43 bits per heavy atom. The first-order valence-corrected chi connectivity index (χ1v) is 7.33. The van der Waals surface area contributed by atoms with E-state index in [2.05, 4.69) is 0 Å². The van der Waals surface area contributed by atoms with Crippen LogP contribution < -0.4 is 0 Å². The van der Waals surface area contributed by atoms with Crippen LogP contribution in [-0.4, -0.2) is 27.9 Å². The molecule has 5 nitrogen and oxygen atoms in total. The zero-order valence-electron chi connectivity index (χ0n) is 13.1. The Hall–Kier alpha value is -2.82. The quantitative estimate of drug-likeness (QED) is 0.830. The summed E-state index contributed by atoms with van der Waals surface area (Å²) in [6.45, 7) is 4.02. The SMILES string of the molecule is CC(C)N(Cc1ccc(-c2ccccc2)o1)C(=O)/C=C\C(=O)O. The van der Waals surface area contributed by atoms with Gasteiger partial charge in [-0.15, -0.1) is 0 Å². The summed E-state index contributed by atoms with van der Waals surface area (Å²) < 4.78 is 5.79. The van der Waals surface area contributed by atoms with Gasteiger partial charge in [-0.3, -0.25) is 4.79 Å². The lowest BCUT2D eigenvalue weighted by Gasteiger charge is -2.24. The van der Waals surface area contributed by atoms with Crippen molar-refractivity contribution >= 4 is 11.9 Å². The van der Waals surface area contributed by atoms with E-state index in [1.807, 2.05) is 56.3 Å². The molecule has 1 aromatic heterocycles. The van der Waals surface area contributed by atoms with Crippen molar-refractivity contribution < 1.29 is 19.1 Å². The monoisotopic (exact) mass is 313 g/mol. The minimum absolute atomic E-state index is 0.0776. The zero-order valence-corrected chi connectivity index (χ0v) is 13.1. The third-order valence-corrected chi connectivity index (χ3v) is 3.32. The Kier molecular flexibility index (Phi) is 5.36. The predicted molar refractivity (Wildman–Crippen MR) is 86.6 cm³/mol. The topological polar surface area (TPSA) is 70.8 Å². The molecule has 1 heterocycles. The third-order valence-electron chi connectivity index (χ3n) is 3.32. The van der Waals surface area contributed by atoms with E-state index in [4.69, 9.17) is 9.52 Å². The summed E-state index contributed by atoms with van der Waals surface area (Å²) in [6, 6.07) is 13.3. The second-order valence-electron chi connectivity index (χ2n) is 5.36. The van der Waals surface area contributed by atoms with Crippen LogP contribution in [0.3, 0.4) is 0 Å². The van der Waals surface area contributed by atoms with Crippen molar-refractivity contribution in [2.24, 2.45) is 0 Å². The lowest BCUT2D eigenvalue weighted by molar-refractivity contribution is -0.132. The first-order chi connectivity index (χ1) is 11.0. The van der Waals surface area contributed by atoms with Gasteiger partial charge >= 0.3 is 5.97 Å². The molecule has 0 aliphatic rings. The Morgan fingerprint density at radius 1 is 1.13 bits per heavy atom. The minimum Gasteiger partial charge on any atom is -0.478 e. The number of benzene rings is 1. The Balaban J connectivity index is 2.13. The van der Waals surface area contributed by atoms with Gasteiger partial charge in [-0.25, -0.2) is 4.79 Å². The molecule has 0 unspecified atom stereocenters. The standard InChI is InChI=1S/C18H19NO4/c1-13(2)19(17(20)10-11-18(21)22)12-15-8-9-16(23-15)14-6-4-3-5-7-14/h3-11,13H,12H2,1-2H3,(H,21,22)/b11-10-. The van der Waals surface area contributed by atoms with Crippen LogP contribution in [0.5, 0.6) is 0 Å². The smallest absolute Gasteiger partial charge is 0.328 e. The van der Waals surface area contributed by atoms with Crippen LogP contribution in [0.1, 0.15) is 19.6 Å². The van der Waals surface area contributed by atoms with Gasteiger partial charge in [-0.1, -0.05) is 30.3 Å². The van der Waals surface area contributed by atoms with Gasteiger partial charge in [-0.2, -0.15) is 0 Å². The van der Waals surface area contributed by atoms with E-state index in [0.717, 1.165) is 23.5 Å². The molecule has 0 bridgehead atoms. The van der Waals surface area contributed by atoms with Crippen molar-refractivity contribution in [2.45, 2.75) is 26.4 Å². The average molecular weight is 313 g/mol. The van der Waals surface area contributed by atoms with Gasteiger partial charge in [0.2, 0.25) is 5.91 Å². The van der Waals surface area contributed by atoms with Gasteiger partial charge in [0.05, 0.1) is 6.54 Å². The van der Waals surface area contributed by atoms with E-state index in [-0.39, 0.29) is 18.5 Å². The van der Waals surface area contributed by atoms with E-state index < -0.39 is 5.97 Å². The van der Waals surface area contributed by atoms with E-state index in [9.17, 15) is 9.59 Å². The number of aliphatic carboxylic acids is 1. The molecule has 1 amide bonds. The predicted octanol–water partition coefficient (Wildman–Crippen LogP) is 3.32. The number of carboxylic acid groups (broad SMARTS) is 1. The van der Waals surface area contributed by atoms with Crippen LogP contribution in [0.15, 0.2) is 59.0 Å². The lowest BCUT2D eigenvalue weighted by atomic mass is 10.2. The molecule has 0 aliphatic carbocycles. The number of furan rings is 1. The maximum Gasteiger partial charge on any atom is 0.328 e. The molecule has 0 saturated carbocycles.